The summed E-state index contributed by atoms with van der Waals surface area (Å²) < 4.78 is 0. The van der Waals surface area contributed by atoms with E-state index in [1.54, 1.807) is 12.1 Å². The van der Waals surface area contributed by atoms with E-state index in [4.69, 9.17) is 5.11 Å². The lowest BCUT2D eigenvalue weighted by Gasteiger charge is -2.28. The maximum atomic E-state index is 11.9. The molecule has 0 saturated heterocycles. The molecule has 0 aliphatic rings. The summed E-state index contributed by atoms with van der Waals surface area (Å²) in [6.45, 7) is 6.39. The maximum Gasteiger partial charge on any atom is 0.315 e. The molecule has 0 aliphatic heterocycles. The molecule has 21 heavy (non-hydrogen) atoms. The first-order chi connectivity index (χ1) is 9.90. The molecule has 3 N–H and O–H groups in total. The van der Waals surface area contributed by atoms with E-state index in [2.05, 4.69) is 10.6 Å². The van der Waals surface area contributed by atoms with Gasteiger partial charge in [0.1, 0.15) is 0 Å². The van der Waals surface area contributed by atoms with E-state index in [1.165, 1.54) is 0 Å². The van der Waals surface area contributed by atoms with E-state index in [0.717, 1.165) is 24.0 Å². The van der Waals surface area contributed by atoms with Crippen molar-refractivity contribution in [1.29, 1.82) is 0 Å². The fourth-order valence-electron chi connectivity index (χ4n) is 1.99. The molecule has 0 aromatic heterocycles. The highest BCUT2D eigenvalue weighted by atomic mass is 16.4. The van der Waals surface area contributed by atoms with Crippen molar-refractivity contribution in [1.82, 2.24) is 10.6 Å². The first kappa shape index (κ1) is 17.0. The van der Waals surface area contributed by atoms with Crippen molar-refractivity contribution in [2.45, 2.75) is 52.1 Å². The summed E-state index contributed by atoms with van der Waals surface area (Å²) in [5.74, 6) is -0.878. The Kier molecular flexibility index (Phi) is 6.21. The van der Waals surface area contributed by atoms with Gasteiger partial charge in [-0.15, -0.1) is 0 Å². The quantitative estimate of drug-likeness (QED) is 0.723. The normalized spacial score (nSPS) is 11.0. The number of hydrogen-bond acceptors (Lipinski definition) is 2. The predicted octanol–water partition coefficient (Wildman–Crippen LogP) is 2.69. The highest BCUT2D eigenvalue weighted by molar-refractivity contribution is 5.75. The van der Waals surface area contributed by atoms with E-state index >= 15 is 0 Å². The Balaban J connectivity index is 2.63. The number of nitrogens with one attached hydrogen (secondary N) is 2. The molecule has 0 fully saturated rings. The number of carbonyl (C=O) groups excluding carboxylic acids is 1. The van der Waals surface area contributed by atoms with Crippen LogP contribution in [0.1, 0.15) is 44.7 Å². The van der Waals surface area contributed by atoms with Crippen molar-refractivity contribution in [3.8, 4) is 0 Å². The second-order valence-electron chi connectivity index (χ2n) is 5.41. The summed E-state index contributed by atoms with van der Waals surface area (Å²) in [4.78, 5) is 22.8. The highest BCUT2D eigenvalue weighted by Crippen LogP contribution is 2.13. The smallest absolute Gasteiger partial charge is 0.315 e. The van der Waals surface area contributed by atoms with Crippen molar-refractivity contribution >= 4 is 12.0 Å². The van der Waals surface area contributed by atoms with Crippen LogP contribution in [0.15, 0.2) is 24.3 Å². The van der Waals surface area contributed by atoms with Gasteiger partial charge in [-0.3, -0.25) is 4.79 Å². The molecule has 0 atom stereocenters. The number of carboxylic acids is 1. The number of carbonyl (C=O) groups is 2. The van der Waals surface area contributed by atoms with Crippen LogP contribution in [0.2, 0.25) is 0 Å². The summed E-state index contributed by atoms with van der Waals surface area (Å²) in [7, 11) is 0. The number of rotatable bonds is 7. The van der Waals surface area contributed by atoms with Gasteiger partial charge in [0.15, 0.2) is 0 Å². The molecule has 0 unspecified atom stereocenters. The fourth-order valence-corrected chi connectivity index (χ4v) is 1.99. The molecule has 1 rings (SSSR count). The highest BCUT2D eigenvalue weighted by Gasteiger charge is 2.21. The number of benzene rings is 1. The molecule has 0 aliphatic carbocycles. The zero-order valence-electron chi connectivity index (χ0n) is 12.9. The topological polar surface area (TPSA) is 78.4 Å². The summed E-state index contributed by atoms with van der Waals surface area (Å²) in [6.07, 6.45) is 1.67. The van der Waals surface area contributed by atoms with Crippen LogP contribution < -0.4 is 10.6 Å². The number of amides is 2. The van der Waals surface area contributed by atoms with Gasteiger partial charge in [-0.25, -0.2) is 4.79 Å². The molecule has 2 amide bonds. The third-order valence-corrected chi connectivity index (χ3v) is 3.88. The van der Waals surface area contributed by atoms with E-state index in [-0.39, 0.29) is 18.0 Å². The predicted molar refractivity (Wildman–Crippen MR) is 82.1 cm³/mol. The molecule has 5 heteroatoms. The fraction of sp³-hybridized carbons (Fsp3) is 0.500. The molecule has 0 heterocycles. The number of urea groups is 1. The van der Waals surface area contributed by atoms with Gasteiger partial charge in [-0.05, 0) is 30.9 Å². The minimum absolute atomic E-state index is 0.0406. The van der Waals surface area contributed by atoms with E-state index in [1.807, 2.05) is 32.9 Å². The van der Waals surface area contributed by atoms with Crippen LogP contribution in [0.4, 0.5) is 4.79 Å². The summed E-state index contributed by atoms with van der Waals surface area (Å²) in [5.41, 5.74) is 1.33. The second-order valence-corrected chi connectivity index (χ2v) is 5.41. The van der Waals surface area contributed by atoms with Gasteiger partial charge in [0.2, 0.25) is 0 Å². The van der Waals surface area contributed by atoms with Crippen molar-refractivity contribution in [3.63, 3.8) is 0 Å². The molecule has 1 aromatic carbocycles. The van der Waals surface area contributed by atoms with Crippen LogP contribution in [-0.2, 0) is 17.8 Å². The molecule has 0 bridgehead atoms. The lowest BCUT2D eigenvalue weighted by Crippen LogP contribution is -2.49. The first-order valence-corrected chi connectivity index (χ1v) is 7.24. The van der Waals surface area contributed by atoms with Gasteiger partial charge in [0, 0.05) is 12.1 Å². The Hall–Kier alpha value is -2.04. The third kappa shape index (κ3) is 5.45. The summed E-state index contributed by atoms with van der Waals surface area (Å²) in [5, 5.41) is 14.6. The van der Waals surface area contributed by atoms with Crippen molar-refractivity contribution in [2.75, 3.05) is 0 Å². The average Bonchev–Trinajstić information content (AvgIpc) is 2.45. The van der Waals surface area contributed by atoms with Gasteiger partial charge in [-0.2, -0.15) is 0 Å². The average molecular weight is 292 g/mol. The van der Waals surface area contributed by atoms with Gasteiger partial charge in [0.05, 0.1) is 6.42 Å². The van der Waals surface area contributed by atoms with Crippen LogP contribution >= 0.6 is 0 Å². The monoisotopic (exact) mass is 292 g/mol. The van der Waals surface area contributed by atoms with Crippen LogP contribution in [0.5, 0.6) is 0 Å². The molecular weight excluding hydrogens is 268 g/mol. The van der Waals surface area contributed by atoms with Crippen LogP contribution in [0, 0.1) is 0 Å². The Morgan fingerprint density at radius 1 is 1.14 bits per heavy atom. The lowest BCUT2D eigenvalue weighted by molar-refractivity contribution is -0.136. The Morgan fingerprint density at radius 3 is 2.24 bits per heavy atom. The molecule has 0 saturated carbocycles. The lowest BCUT2D eigenvalue weighted by atomic mass is 9.96. The Labute approximate surface area is 125 Å². The largest absolute Gasteiger partial charge is 0.481 e. The SMILES string of the molecule is CCC(C)(CC)NC(=O)NCc1ccccc1CC(=O)O. The molecule has 0 spiro atoms. The van der Waals surface area contributed by atoms with E-state index < -0.39 is 5.97 Å². The zero-order valence-corrected chi connectivity index (χ0v) is 12.9. The van der Waals surface area contributed by atoms with Gasteiger partial charge >= 0.3 is 12.0 Å². The summed E-state index contributed by atoms with van der Waals surface area (Å²) >= 11 is 0. The van der Waals surface area contributed by atoms with Crippen LogP contribution in [-0.4, -0.2) is 22.6 Å². The first-order valence-electron chi connectivity index (χ1n) is 7.24. The Bertz CT molecular complexity index is 496. The molecule has 1 aromatic rings. The van der Waals surface area contributed by atoms with Crippen molar-refractivity contribution in [2.24, 2.45) is 0 Å². The third-order valence-electron chi connectivity index (χ3n) is 3.88. The van der Waals surface area contributed by atoms with Crippen LogP contribution in [0.25, 0.3) is 0 Å². The minimum atomic E-state index is -0.878. The van der Waals surface area contributed by atoms with Gasteiger partial charge < -0.3 is 15.7 Å². The summed E-state index contributed by atoms with van der Waals surface area (Å²) in [6, 6.07) is 7.00. The zero-order chi connectivity index (χ0) is 15.9. The molecular formula is C16H24N2O3. The molecule has 116 valence electrons. The number of hydrogen-bond donors (Lipinski definition) is 3. The number of aliphatic carboxylic acids is 1. The van der Waals surface area contributed by atoms with Gasteiger partial charge in [-0.1, -0.05) is 38.1 Å². The minimum Gasteiger partial charge on any atom is -0.481 e. The van der Waals surface area contributed by atoms with Crippen molar-refractivity contribution in [3.05, 3.63) is 35.4 Å². The molecule has 0 radical (unpaired) electrons. The second kappa shape index (κ2) is 7.67. The Morgan fingerprint density at radius 2 is 1.71 bits per heavy atom. The number of carboxylic acid groups (broad SMARTS) is 1. The maximum absolute atomic E-state index is 11.9. The molecule has 5 nitrogen and oxygen atoms in total. The van der Waals surface area contributed by atoms with E-state index in [0.29, 0.717) is 6.54 Å². The standard InChI is InChI=1S/C16H24N2O3/c1-4-16(3,5-2)18-15(21)17-11-13-9-7-6-8-12(13)10-14(19)20/h6-9H,4-5,10-11H2,1-3H3,(H,19,20)(H2,17,18,21). The van der Waals surface area contributed by atoms with E-state index in [9.17, 15) is 9.59 Å². The van der Waals surface area contributed by atoms with Crippen LogP contribution in [0.3, 0.4) is 0 Å². The van der Waals surface area contributed by atoms with Gasteiger partial charge in [0.25, 0.3) is 0 Å². The van der Waals surface area contributed by atoms with Crippen molar-refractivity contribution < 1.29 is 14.7 Å².